The number of carbonyl (C=O) groups excluding carboxylic acids is 1. The number of nitrogens with zero attached hydrogens (tertiary/aromatic N) is 3. The summed E-state index contributed by atoms with van der Waals surface area (Å²) in [5.74, 6) is 1.58. The Balaban J connectivity index is 1.83. The molecule has 1 heterocycles. The Kier molecular flexibility index (Phi) is 5.42. The van der Waals surface area contributed by atoms with Gasteiger partial charge in [-0.3, -0.25) is 9.36 Å². The van der Waals surface area contributed by atoms with E-state index >= 15 is 0 Å². The zero-order valence-electron chi connectivity index (χ0n) is 15.3. The molecular weight excluding hydrogens is 346 g/mol. The average Bonchev–Trinajstić information content (AvgIpc) is 3.01. The molecule has 26 heavy (non-hydrogen) atoms. The smallest absolute Gasteiger partial charge is 0.196 e. The molecule has 0 saturated heterocycles. The molecule has 0 N–H and O–H groups in total. The summed E-state index contributed by atoms with van der Waals surface area (Å²) in [6.45, 7) is 5.85. The van der Waals surface area contributed by atoms with Gasteiger partial charge in [-0.15, -0.1) is 10.2 Å². The lowest BCUT2D eigenvalue weighted by atomic mass is 10.1. The van der Waals surface area contributed by atoms with Gasteiger partial charge >= 0.3 is 0 Å². The predicted molar refractivity (Wildman–Crippen MR) is 103 cm³/mol. The standard InChI is InChI=1S/C20H21N3O2S/c1-13-6-5-7-17(12-13)23-15(3)21-22-20(23)26-14(2)19(24)16-8-10-18(25-4)11-9-16/h5-12,14H,1-4H3/t14-/m0/s1. The van der Waals surface area contributed by atoms with Crippen molar-refractivity contribution in [1.82, 2.24) is 14.8 Å². The Hall–Kier alpha value is -2.60. The maximum Gasteiger partial charge on any atom is 0.196 e. The summed E-state index contributed by atoms with van der Waals surface area (Å²) in [6, 6.07) is 15.3. The van der Waals surface area contributed by atoms with Gasteiger partial charge in [0.1, 0.15) is 11.6 Å². The number of hydrogen-bond acceptors (Lipinski definition) is 5. The summed E-state index contributed by atoms with van der Waals surface area (Å²) in [4.78, 5) is 12.7. The Morgan fingerprint density at radius 2 is 1.85 bits per heavy atom. The first kappa shape index (κ1) is 18.2. The van der Waals surface area contributed by atoms with Crippen molar-refractivity contribution in [2.75, 3.05) is 7.11 Å². The van der Waals surface area contributed by atoms with Gasteiger partial charge < -0.3 is 4.74 Å². The van der Waals surface area contributed by atoms with Gasteiger partial charge in [-0.2, -0.15) is 0 Å². The molecule has 134 valence electrons. The molecular formula is C20H21N3O2S. The molecule has 5 nitrogen and oxygen atoms in total. The van der Waals surface area contributed by atoms with Crippen molar-refractivity contribution < 1.29 is 9.53 Å². The van der Waals surface area contributed by atoms with E-state index in [9.17, 15) is 4.79 Å². The lowest BCUT2D eigenvalue weighted by Gasteiger charge is -2.13. The molecule has 2 aromatic carbocycles. The molecule has 3 aromatic rings. The van der Waals surface area contributed by atoms with Crippen molar-refractivity contribution in [3.05, 3.63) is 65.5 Å². The van der Waals surface area contributed by atoms with Crippen molar-refractivity contribution in [2.24, 2.45) is 0 Å². The number of ketones is 1. The van der Waals surface area contributed by atoms with Crippen LogP contribution in [-0.2, 0) is 0 Å². The molecule has 0 aliphatic carbocycles. The normalized spacial score (nSPS) is 12.0. The number of thioether (sulfide) groups is 1. The topological polar surface area (TPSA) is 57.0 Å². The van der Waals surface area contributed by atoms with Crippen LogP contribution in [0.3, 0.4) is 0 Å². The largest absolute Gasteiger partial charge is 0.497 e. The minimum absolute atomic E-state index is 0.0501. The highest BCUT2D eigenvalue weighted by molar-refractivity contribution is 8.00. The van der Waals surface area contributed by atoms with Crippen LogP contribution in [0, 0.1) is 13.8 Å². The van der Waals surface area contributed by atoms with Crippen LogP contribution in [0.2, 0.25) is 0 Å². The molecule has 1 aromatic heterocycles. The maximum absolute atomic E-state index is 12.7. The number of aromatic nitrogens is 3. The number of rotatable bonds is 6. The van der Waals surface area contributed by atoms with Crippen LogP contribution in [-0.4, -0.2) is 32.9 Å². The van der Waals surface area contributed by atoms with Gasteiger partial charge in [-0.1, -0.05) is 23.9 Å². The first-order valence-corrected chi connectivity index (χ1v) is 9.21. The molecule has 0 radical (unpaired) electrons. The van der Waals surface area contributed by atoms with E-state index in [1.165, 1.54) is 11.8 Å². The fourth-order valence-electron chi connectivity index (χ4n) is 2.69. The molecule has 0 amide bonds. The second-order valence-electron chi connectivity index (χ2n) is 6.06. The highest BCUT2D eigenvalue weighted by atomic mass is 32.2. The van der Waals surface area contributed by atoms with Crippen molar-refractivity contribution >= 4 is 17.5 Å². The highest BCUT2D eigenvalue weighted by Crippen LogP contribution is 2.28. The van der Waals surface area contributed by atoms with Crippen molar-refractivity contribution in [2.45, 2.75) is 31.2 Å². The molecule has 6 heteroatoms. The van der Waals surface area contributed by atoms with E-state index in [0.29, 0.717) is 10.7 Å². The third kappa shape index (κ3) is 3.80. The summed E-state index contributed by atoms with van der Waals surface area (Å²) in [5, 5.41) is 8.89. The number of methoxy groups -OCH3 is 1. The first-order chi connectivity index (χ1) is 12.5. The third-order valence-electron chi connectivity index (χ3n) is 4.08. The minimum atomic E-state index is -0.282. The fourth-order valence-corrected chi connectivity index (χ4v) is 3.68. The van der Waals surface area contributed by atoms with E-state index in [1.807, 2.05) is 43.5 Å². The van der Waals surface area contributed by atoms with E-state index in [-0.39, 0.29) is 11.0 Å². The lowest BCUT2D eigenvalue weighted by Crippen LogP contribution is -2.14. The van der Waals surface area contributed by atoms with Gasteiger partial charge in [0, 0.05) is 11.3 Å². The Labute approximate surface area is 157 Å². The van der Waals surface area contributed by atoms with Gasteiger partial charge in [0.25, 0.3) is 0 Å². The monoisotopic (exact) mass is 367 g/mol. The zero-order chi connectivity index (χ0) is 18.7. The van der Waals surface area contributed by atoms with Gasteiger partial charge in [0.2, 0.25) is 0 Å². The fraction of sp³-hybridized carbons (Fsp3) is 0.250. The quantitative estimate of drug-likeness (QED) is 0.481. The lowest BCUT2D eigenvalue weighted by molar-refractivity contribution is 0.0994. The third-order valence-corrected chi connectivity index (χ3v) is 5.12. The van der Waals surface area contributed by atoms with E-state index in [1.54, 1.807) is 31.4 Å². The number of hydrogen-bond donors (Lipinski definition) is 0. The van der Waals surface area contributed by atoms with Crippen LogP contribution in [0.1, 0.15) is 28.7 Å². The summed E-state index contributed by atoms with van der Waals surface area (Å²) < 4.78 is 7.13. The molecule has 3 rings (SSSR count). The Bertz CT molecular complexity index is 919. The predicted octanol–water partition coefficient (Wildman–Crippen LogP) is 4.26. The number of ether oxygens (including phenoxy) is 1. The first-order valence-electron chi connectivity index (χ1n) is 8.33. The van der Waals surface area contributed by atoms with Gasteiger partial charge in [-0.05, 0) is 62.7 Å². The molecule has 0 saturated carbocycles. The van der Waals surface area contributed by atoms with E-state index in [2.05, 4.69) is 16.3 Å². The SMILES string of the molecule is COc1ccc(C(=O)[C@H](C)Sc2nnc(C)n2-c2cccc(C)c2)cc1. The molecule has 0 unspecified atom stereocenters. The Morgan fingerprint density at radius 3 is 2.50 bits per heavy atom. The number of Topliss-reactive ketones (excluding diaryl/α,β-unsaturated/α-hetero) is 1. The summed E-state index contributed by atoms with van der Waals surface area (Å²) in [6.07, 6.45) is 0. The summed E-state index contributed by atoms with van der Waals surface area (Å²) >= 11 is 1.41. The molecule has 0 spiro atoms. The van der Waals surface area contributed by atoms with Gasteiger partial charge in [0.05, 0.1) is 12.4 Å². The minimum Gasteiger partial charge on any atom is -0.497 e. The van der Waals surface area contributed by atoms with E-state index in [4.69, 9.17) is 4.74 Å². The molecule has 0 bridgehead atoms. The van der Waals surface area contributed by atoms with Crippen LogP contribution in [0.15, 0.2) is 53.7 Å². The van der Waals surface area contributed by atoms with Crippen molar-refractivity contribution in [1.29, 1.82) is 0 Å². The summed E-state index contributed by atoms with van der Waals surface area (Å²) in [7, 11) is 1.61. The number of benzene rings is 2. The molecule has 0 fully saturated rings. The van der Waals surface area contributed by atoms with E-state index in [0.717, 1.165) is 22.8 Å². The van der Waals surface area contributed by atoms with E-state index < -0.39 is 0 Å². The van der Waals surface area contributed by atoms with Crippen LogP contribution < -0.4 is 4.74 Å². The van der Waals surface area contributed by atoms with Crippen LogP contribution in [0.25, 0.3) is 5.69 Å². The van der Waals surface area contributed by atoms with Crippen LogP contribution in [0.4, 0.5) is 0 Å². The second-order valence-corrected chi connectivity index (χ2v) is 7.36. The number of aryl methyl sites for hydroxylation is 2. The Morgan fingerprint density at radius 1 is 1.12 bits per heavy atom. The zero-order valence-corrected chi connectivity index (χ0v) is 16.1. The van der Waals surface area contributed by atoms with Gasteiger partial charge in [-0.25, -0.2) is 0 Å². The summed E-state index contributed by atoms with van der Waals surface area (Å²) in [5.41, 5.74) is 2.82. The molecule has 0 aliphatic heterocycles. The average molecular weight is 367 g/mol. The highest BCUT2D eigenvalue weighted by Gasteiger charge is 2.21. The van der Waals surface area contributed by atoms with Crippen LogP contribution >= 0.6 is 11.8 Å². The molecule has 0 aliphatic rings. The van der Waals surface area contributed by atoms with Crippen LogP contribution in [0.5, 0.6) is 5.75 Å². The van der Waals surface area contributed by atoms with Crippen molar-refractivity contribution in [3.63, 3.8) is 0 Å². The van der Waals surface area contributed by atoms with Gasteiger partial charge in [0.15, 0.2) is 10.9 Å². The number of carbonyl (C=O) groups is 1. The van der Waals surface area contributed by atoms with Crippen molar-refractivity contribution in [3.8, 4) is 11.4 Å². The second kappa shape index (κ2) is 7.74. The molecule has 1 atom stereocenters. The maximum atomic E-state index is 12.7.